The van der Waals surface area contributed by atoms with Crippen molar-refractivity contribution in [1.82, 2.24) is 15.0 Å². The topological polar surface area (TPSA) is 62.1 Å². The maximum Gasteiger partial charge on any atom is 0.277 e. The van der Waals surface area contributed by atoms with Gasteiger partial charge in [-0.2, -0.15) is 0 Å². The van der Waals surface area contributed by atoms with Crippen LogP contribution in [0.4, 0.5) is 4.39 Å². The van der Waals surface area contributed by atoms with Crippen LogP contribution in [0.25, 0.3) is 10.9 Å². The summed E-state index contributed by atoms with van der Waals surface area (Å²) in [6.45, 7) is 0.494. The van der Waals surface area contributed by atoms with E-state index in [1.54, 1.807) is 17.0 Å². The monoisotopic (exact) mass is 415 g/mol. The number of aromatic nitrogens is 2. The Bertz CT molecular complexity index is 1310. The SMILES string of the molecule is O=C(c1noc2c1CCCC2)N1CCc2c([nH]c3ccccc23)[C@@H]1c1ccccc1F. The van der Waals surface area contributed by atoms with Crippen molar-refractivity contribution in [3.8, 4) is 0 Å². The van der Waals surface area contributed by atoms with Crippen LogP contribution >= 0.6 is 0 Å². The zero-order chi connectivity index (χ0) is 20.9. The summed E-state index contributed by atoms with van der Waals surface area (Å²) >= 11 is 0. The predicted octanol–water partition coefficient (Wildman–Crippen LogP) is 4.96. The van der Waals surface area contributed by atoms with Crippen LogP contribution in [0.1, 0.15) is 57.5 Å². The van der Waals surface area contributed by atoms with Crippen molar-refractivity contribution >= 4 is 16.8 Å². The Morgan fingerprint density at radius 1 is 1.03 bits per heavy atom. The second kappa shape index (κ2) is 7.08. The molecule has 1 N–H and O–H groups in total. The van der Waals surface area contributed by atoms with E-state index in [1.807, 2.05) is 24.3 Å². The van der Waals surface area contributed by atoms with Gasteiger partial charge in [-0.3, -0.25) is 4.79 Å². The van der Waals surface area contributed by atoms with Crippen molar-refractivity contribution in [2.75, 3.05) is 6.54 Å². The van der Waals surface area contributed by atoms with Gasteiger partial charge in [-0.25, -0.2) is 4.39 Å². The van der Waals surface area contributed by atoms with Gasteiger partial charge in [-0.1, -0.05) is 41.6 Å². The van der Waals surface area contributed by atoms with E-state index >= 15 is 0 Å². The van der Waals surface area contributed by atoms with Crippen molar-refractivity contribution in [1.29, 1.82) is 0 Å². The fourth-order valence-electron chi connectivity index (χ4n) is 5.17. The van der Waals surface area contributed by atoms with Gasteiger partial charge in [0.1, 0.15) is 17.6 Å². The van der Waals surface area contributed by atoms with Crippen molar-refractivity contribution in [2.24, 2.45) is 0 Å². The number of hydrogen-bond donors (Lipinski definition) is 1. The highest BCUT2D eigenvalue weighted by molar-refractivity contribution is 5.95. The highest BCUT2D eigenvalue weighted by Crippen LogP contribution is 2.40. The Kier molecular flexibility index (Phi) is 4.19. The molecule has 0 unspecified atom stereocenters. The van der Waals surface area contributed by atoms with Crippen molar-refractivity contribution in [3.05, 3.63) is 88.2 Å². The number of nitrogens with one attached hydrogen (secondary N) is 1. The van der Waals surface area contributed by atoms with Crippen LogP contribution in [0.15, 0.2) is 53.1 Å². The van der Waals surface area contributed by atoms with E-state index < -0.39 is 6.04 Å². The summed E-state index contributed by atoms with van der Waals surface area (Å²) in [5.74, 6) is 0.309. The van der Waals surface area contributed by atoms with Gasteiger partial charge in [0, 0.05) is 40.7 Å². The Balaban J connectivity index is 1.51. The number of fused-ring (bicyclic) bond motifs is 4. The number of H-pyrrole nitrogens is 1. The Hall–Kier alpha value is -3.41. The molecule has 0 saturated heterocycles. The summed E-state index contributed by atoms with van der Waals surface area (Å²) in [5.41, 5.74) is 4.82. The molecule has 4 aromatic rings. The van der Waals surface area contributed by atoms with E-state index in [1.165, 1.54) is 6.07 Å². The summed E-state index contributed by atoms with van der Waals surface area (Å²) in [6, 6.07) is 14.2. The average Bonchev–Trinajstić information content (AvgIpc) is 3.40. The van der Waals surface area contributed by atoms with Crippen molar-refractivity contribution < 1.29 is 13.7 Å². The van der Waals surface area contributed by atoms with Gasteiger partial charge in [0.05, 0.1) is 0 Å². The maximum atomic E-state index is 15.0. The third kappa shape index (κ3) is 2.81. The first-order chi connectivity index (χ1) is 15.2. The van der Waals surface area contributed by atoms with Gasteiger partial charge in [0.15, 0.2) is 5.69 Å². The first-order valence-corrected chi connectivity index (χ1v) is 10.8. The molecule has 0 saturated carbocycles. The highest BCUT2D eigenvalue weighted by Gasteiger charge is 2.38. The highest BCUT2D eigenvalue weighted by atomic mass is 19.1. The largest absolute Gasteiger partial charge is 0.360 e. The molecule has 0 fully saturated rings. The van der Waals surface area contributed by atoms with Gasteiger partial charge in [0.25, 0.3) is 5.91 Å². The van der Waals surface area contributed by atoms with E-state index in [9.17, 15) is 9.18 Å². The molecule has 2 aromatic carbocycles. The van der Waals surface area contributed by atoms with E-state index in [0.29, 0.717) is 24.2 Å². The first kappa shape index (κ1) is 18.4. The first-order valence-electron chi connectivity index (χ1n) is 10.8. The molecule has 156 valence electrons. The predicted molar refractivity (Wildman–Crippen MR) is 114 cm³/mol. The smallest absolute Gasteiger partial charge is 0.277 e. The maximum absolute atomic E-state index is 15.0. The molecule has 3 heterocycles. The number of halogens is 1. The van der Waals surface area contributed by atoms with E-state index in [4.69, 9.17) is 4.52 Å². The number of aromatic amines is 1. The molecule has 1 aliphatic heterocycles. The number of amides is 1. The van der Waals surface area contributed by atoms with Gasteiger partial charge in [0.2, 0.25) is 0 Å². The minimum Gasteiger partial charge on any atom is -0.360 e. The molecular weight excluding hydrogens is 393 g/mol. The van der Waals surface area contributed by atoms with E-state index in [0.717, 1.165) is 59.2 Å². The van der Waals surface area contributed by atoms with Gasteiger partial charge >= 0.3 is 0 Å². The van der Waals surface area contributed by atoms with Gasteiger partial charge in [-0.15, -0.1) is 0 Å². The number of benzene rings is 2. The van der Waals surface area contributed by atoms with Crippen LogP contribution < -0.4 is 0 Å². The molecule has 1 aliphatic carbocycles. The Morgan fingerprint density at radius 3 is 2.74 bits per heavy atom. The van der Waals surface area contributed by atoms with E-state index in [-0.39, 0.29) is 11.7 Å². The molecule has 0 radical (unpaired) electrons. The standard InChI is InChI=1S/C25H22FN3O2/c26-19-10-4-1-8-17(19)24-22-16(15-7-2-5-11-20(15)27-22)13-14-29(24)25(30)23-18-9-3-6-12-21(18)31-28-23/h1-2,4-5,7-8,10-11,24,27H,3,6,9,12-14H2/t24-/m0/s1. The molecular formula is C25H22FN3O2. The lowest BCUT2D eigenvalue weighted by molar-refractivity contribution is 0.0677. The molecule has 0 bridgehead atoms. The van der Waals surface area contributed by atoms with Crippen LogP contribution in [0, 0.1) is 5.82 Å². The number of para-hydroxylation sites is 1. The minimum absolute atomic E-state index is 0.190. The number of nitrogens with zero attached hydrogens (tertiary/aromatic N) is 2. The Morgan fingerprint density at radius 2 is 1.84 bits per heavy atom. The lowest BCUT2D eigenvalue weighted by Crippen LogP contribution is -2.41. The van der Waals surface area contributed by atoms with Crippen molar-refractivity contribution in [2.45, 2.75) is 38.1 Å². The summed E-state index contributed by atoms with van der Waals surface area (Å²) in [7, 11) is 0. The molecule has 6 heteroatoms. The second-order valence-electron chi connectivity index (χ2n) is 8.38. The Labute approximate surface area is 178 Å². The second-order valence-corrected chi connectivity index (χ2v) is 8.38. The van der Waals surface area contributed by atoms with Crippen LogP contribution in [0.5, 0.6) is 0 Å². The summed E-state index contributed by atoms with van der Waals surface area (Å²) in [6.07, 6.45) is 4.40. The third-order valence-corrected chi connectivity index (χ3v) is 6.65. The van der Waals surface area contributed by atoms with E-state index in [2.05, 4.69) is 16.2 Å². The number of carbonyl (C=O) groups is 1. The molecule has 2 aliphatic rings. The van der Waals surface area contributed by atoms with Crippen LogP contribution in [0.2, 0.25) is 0 Å². The zero-order valence-corrected chi connectivity index (χ0v) is 17.0. The number of aryl methyl sites for hydroxylation is 1. The number of carbonyl (C=O) groups excluding carboxylic acids is 1. The normalized spacial score (nSPS) is 18.1. The molecule has 0 spiro atoms. The number of hydrogen-bond acceptors (Lipinski definition) is 3. The minimum atomic E-state index is -0.541. The third-order valence-electron chi connectivity index (χ3n) is 6.65. The fourth-order valence-corrected chi connectivity index (χ4v) is 5.17. The lowest BCUT2D eigenvalue weighted by atomic mass is 9.91. The molecule has 1 atom stereocenters. The fraction of sp³-hybridized carbons (Fsp3) is 0.280. The zero-order valence-electron chi connectivity index (χ0n) is 17.0. The molecule has 6 rings (SSSR count). The van der Waals surface area contributed by atoms with Gasteiger partial charge in [-0.05, 0) is 43.4 Å². The van der Waals surface area contributed by atoms with Crippen LogP contribution in [0.3, 0.4) is 0 Å². The van der Waals surface area contributed by atoms with Gasteiger partial charge < -0.3 is 14.4 Å². The molecule has 5 nitrogen and oxygen atoms in total. The molecule has 2 aromatic heterocycles. The van der Waals surface area contributed by atoms with Crippen LogP contribution in [-0.2, 0) is 19.3 Å². The molecule has 31 heavy (non-hydrogen) atoms. The van der Waals surface area contributed by atoms with Crippen LogP contribution in [-0.4, -0.2) is 27.5 Å². The summed E-state index contributed by atoms with van der Waals surface area (Å²) in [5, 5.41) is 5.28. The average molecular weight is 415 g/mol. The quantitative estimate of drug-likeness (QED) is 0.503. The molecule has 1 amide bonds. The summed E-state index contributed by atoms with van der Waals surface area (Å²) in [4.78, 5) is 19.0. The lowest BCUT2D eigenvalue weighted by Gasteiger charge is -2.36. The summed E-state index contributed by atoms with van der Waals surface area (Å²) < 4.78 is 20.5. The van der Waals surface area contributed by atoms with Crippen molar-refractivity contribution in [3.63, 3.8) is 0 Å². The number of rotatable bonds is 2.